The highest BCUT2D eigenvalue weighted by atomic mass is 32.2. The maximum absolute atomic E-state index is 11.9. The molecule has 0 radical (unpaired) electrons. The predicted octanol–water partition coefficient (Wildman–Crippen LogP) is 4.58. The Labute approximate surface area is 158 Å². The number of thioether (sulfide) groups is 1. The van der Waals surface area contributed by atoms with Gasteiger partial charge in [0.15, 0.2) is 6.61 Å². The molecule has 0 aliphatic rings. The van der Waals surface area contributed by atoms with Crippen molar-refractivity contribution in [2.45, 2.75) is 12.7 Å². The SMILES string of the molecule is Cc1cccc(CSCCNC(=O)COc2ccc3ccccc3c2)c1. The molecule has 3 aromatic rings. The Morgan fingerprint density at radius 3 is 2.69 bits per heavy atom. The summed E-state index contributed by atoms with van der Waals surface area (Å²) < 4.78 is 5.60. The largest absolute Gasteiger partial charge is 0.484 e. The van der Waals surface area contributed by atoms with Crippen molar-refractivity contribution < 1.29 is 9.53 Å². The summed E-state index contributed by atoms with van der Waals surface area (Å²) in [6.45, 7) is 2.79. The van der Waals surface area contributed by atoms with Crippen LogP contribution in [0.1, 0.15) is 11.1 Å². The van der Waals surface area contributed by atoms with Gasteiger partial charge in [-0.3, -0.25) is 4.79 Å². The van der Waals surface area contributed by atoms with Gasteiger partial charge in [-0.05, 0) is 35.4 Å². The van der Waals surface area contributed by atoms with Crippen LogP contribution in [0.25, 0.3) is 10.8 Å². The molecule has 0 atom stereocenters. The van der Waals surface area contributed by atoms with Gasteiger partial charge in [0.25, 0.3) is 5.91 Å². The molecule has 134 valence electrons. The molecule has 3 rings (SSSR count). The monoisotopic (exact) mass is 365 g/mol. The van der Waals surface area contributed by atoms with E-state index in [1.807, 2.05) is 48.2 Å². The van der Waals surface area contributed by atoms with E-state index < -0.39 is 0 Å². The van der Waals surface area contributed by atoms with E-state index in [0.717, 1.165) is 22.3 Å². The number of hydrogen-bond acceptors (Lipinski definition) is 3. The number of benzene rings is 3. The highest BCUT2D eigenvalue weighted by Crippen LogP contribution is 2.20. The normalized spacial score (nSPS) is 10.7. The van der Waals surface area contributed by atoms with Crippen molar-refractivity contribution in [3.63, 3.8) is 0 Å². The molecule has 0 heterocycles. The molecule has 0 saturated heterocycles. The summed E-state index contributed by atoms with van der Waals surface area (Å²) in [6.07, 6.45) is 0. The molecule has 0 bridgehead atoms. The van der Waals surface area contributed by atoms with E-state index in [2.05, 4.69) is 42.6 Å². The molecule has 0 saturated carbocycles. The summed E-state index contributed by atoms with van der Waals surface area (Å²) in [5.41, 5.74) is 2.60. The molecule has 0 aliphatic heterocycles. The standard InChI is InChI=1S/C22H23NO2S/c1-17-5-4-6-18(13-17)16-26-12-11-23-22(24)15-25-21-10-9-19-7-2-3-8-20(19)14-21/h2-10,13-14H,11-12,15-16H2,1H3,(H,23,24). The topological polar surface area (TPSA) is 38.3 Å². The van der Waals surface area contributed by atoms with Crippen molar-refractivity contribution in [3.8, 4) is 5.75 Å². The average Bonchev–Trinajstić information content (AvgIpc) is 2.66. The van der Waals surface area contributed by atoms with Gasteiger partial charge in [0.1, 0.15) is 5.75 Å². The number of rotatable bonds is 8. The molecule has 3 aromatic carbocycles. The maximum Gasteiger partial charge on any atom is 0.257 e. The van der Waals surface area contributed by atoms with Crippen molar-refractivity contribution in [2.24, 2.45) is 0 Å². The Kier molecular flexibility index (Phi) is 6.56. The molecule has 0 fully saturated rings. The van der Waals surface area contributed by atoms with Gasteiger partial charge < -0.3 is 10.1 Å². The number of amides is 1. The van der Waals surface area contributed by atoms with Gasteiger partial charge in [-0.15, -0.1) is 0 Å². The van der Waals surface area contributed by atoms with Gasteiger partial charge in [0, 0.05) is 18.1 Å². The lowest BCUT2D eigenvalue weighted by molar-refractivity contribution is -0.122. The van der Waals surface area contributed by atoms with Crippen molar-refractivity contribution >= 4 is 28.4 Å². The fourth-order valence-corrected chi connectivity index (χ4v) is 3.52. The fraction of sp³-hybridized carbons (Fsp3) is 0.227. The first-order valence-electron chi connectivity index (χ1n) is 8.72. The van der Waals surface area contributed by atoms with E-state index in [1.165, 1.54) is 11.1 Å². The van der Waals surface area contributed by atoms with E-state index in [-0.39, 0.29) is 12.5 Å². The van der Waals surface area contributed by atoms with Crippen molar-refractivity contribution in [1.82, 2.24) is 5.32 Å². The Bertz CT molecular complexity index is 879. The first-order chi connectivity index (χ1) is 12.7. The van der Waals surface area contributed by atoms with Crippen molar-refractivity contribution in [1.29, 1.82) is 0 Å². The Balaban J connectivity index is 1.34. The molecule has 26 heavy (non-hydrogen) atoms. The van der Waals surface area contributed by atoms with Crippen molar-refractivity contribution in [3.05, 3.63) is 77.9 Å². The van der Waals surface area contributed by atoms with Crippen LogP contribution in [-0.2, 0) is 10.5 Å². The van der Waals surface area contributed by atoms with Gasteiger partial charge in [0.05, 0.1) is 0 Å². The molecule has 4 heteroatoms. The average molecular weight is 365 g/mol. The summed E-state index contributed by atoms with van der Waals surface area (Å²) in [7, 11) is 0. The van der Waals surface area contributed by atoms with Crippen LogP contribution in [0, 0.1) is 6.92 Å². The van der Waals surface area contributed by atoms with Crippen LogP contribution in [-0.4, -0.2) is 24.8 Å². The quantitative estimate of drug-likeness (QED) is 0.594. The van der Waals surface area contributed by atoms with Crippen LogP contribution in [0.4, 0.5) is 0 Å². The summed E-state index contributed by atoms with van der Waals surface area (Å²) in [5, 5.41) is 5.17. The van der Waals surface area contributed by atoms with Crippen LogP contribution in [0.2, 0.25) is 0 Å². The molecule has 3 nitrogen and oxygen atoms in total. The second-order valence-corrected chi connectivity index (χ2v) is 7.29. The van der Waals surface area contributed by atoms with E-state index >= 15 is 0 Å². The molecular formula is C22H23NO2S. The third kappa shape index (κ3) is 5.53. The zero-order chi connectivity index (χ0) is 18.2. The molecule has 0 spiro atoms. The third-order valence-corrected chi connectivity index (χ3v) is 5.04. The highest BCUT2D eigenvalue weighted by molar-refractivity contribution is 7.98. The van der Waals surface area contributed by atoms with Crippen LogP contribution < -0.4 is 10.1 Å². The predicted molar refractivity (Wildman–Crippen MR) is 110 cm³/mol. The van der Waals surface area contributed by atoms with E-state index in [4.69, 9.17) is 4.74 Å². The third-order valence-electron chi connectivity index (χ3n) is 4.01. The zero-order valence-electron chi connectivity index (χ0n) is 14.9. The molecular weight excluding hydrogens is 342 g/mol. The van der Waals surface area contributed by atoms with Crippen molar-refractivity contribution in [2.75, 3.05) is 18.9 Å². The van der Waals surface area contributed by atoms with E-state index in [0.29, 0.717) is 12.3 Å². The highest BCUT2D eigenvalue weighted by Gasteiger charge is 2.03. The fourth-order valence-electron chi connectivity index (χ4n) is 2.71. The van der Waals surface area contributed by atoms with Gasteiger partial charge in [-0.2, -0.15) is 11.8 Å². The Hall–Kier alpha value is -2.46. The number of carbonyl (C=O) groups is 1. The Morgan fingerprint density at radius 2 is 1.85 bits per heavy atom. The number of aryl methyl sites for hydroxylation is 1. The van der Waals surface area contributed by atoms with Gasteiger partial charge in [-0.1, -0.05) is 60.2 Å². The lowest BCUT2D eigenvalue weighted by Gasteiger charge is -2.08. The summed E-state index contributed by atoms with van der Waals surface area (Å²) in [5.74, 6) is 2.47. The second kappa shape index (κ2) is 9.30. The van der Waals surface area contributed by atoms with Gasteiger partial charge in [-0.25, -0.2) is 0 Å². The minimum Gasteiger partial charge on any atom is -0.484 e. The van der Waals surface area contributed by atoms with Crippen LogP contribution in [0.5, 0.6) is 5.75 Å². The lowest BCUT2D eigenvalue weighted by atomic mass is 10.1. The molecule has 1 amide bonds. The number of fused-ring (bicyclic) bond motifs is 1. The number of nitrogens with one attached hydrogen (secondary N) is 1. The van der Waals surface area contributed by atoms with E-state index in [1.54, 1.807) is 0 Å². The number of carbonyl (C=O) groups excluding carboxylic acids is 1. The minimum atomic E-state index is -0.0886. The first kappa shape index (κ1) is 18.3. The first-order valence-corrected chi connectivity index (χ1v) is 9.88. The minimum absolute atomic E-state index is 0.0425. The van der Waals surface area contributed by atoms with Crippen LogP contribution in [0.15, 0.2) is 66.7 Å². The molecule has 1 N–H and O–H groups in total. The smallest absolute Gasteiger partial charge is 0.257 e. The maximum atomic E-state index is 11.9. The lowest BCUT2D eigenvalue weighted by Crippen LogP contribution is -2.30. The van der Waals surface area contributed by atoms with Gasteiger partial charge >= 0.3 is 0 Å². The van der Waals surface area contributed by atoms with E-state index in [9.17, 15) is 4.79 Å². The number of hydrogen-bond donors (Lipinski definition) is 1. The summed E-state index contributed by atoms with van der Waals surface area (Å²) in [6, 6.07) is 22.5. The summed E-state index contributed by atoms with van der Waals surface area (Å²) >= 11 is 1.82. The zero-order valence-corrected chi connectivity index (χ0v) is 15.7. The Morgan fingerprint density at radius 1 is 1.00 bits per heavy atom. The molecule has 0 aliphatic carbocycles. The number of ether oxygens (including phenoxy) is 1. The molecule has 0 unspecified atom stereocenters. The van der Waals surface area contributed by atoms with Gasteiger partial charge in [0.2, 0.25) is 0 Å². The second-order valence-electron chi connectivity index (χ2n) is 6.19. The van der Waals surface area contributed by atoms with Crippen LogP contribution >= 0.6 is 11.8 Å². The van der Waals surface area contributed by atoms with Crippen LogP contribution in [0.3, 0.4) is 0 Å². The summed E-state index contributed by atoms with van der Waals surface area (Å²) in [4.78, 5) is 11.9. The molecule has 0 aromatic heterocycles.